The number of ether oxygens (including phenoxy) is 1. The summed E-state index contributed by atoms with van der Waals surface area (Å²) >= 11 is 0. The molecule has 0 saturated carbocycles. The van der Waals surface area contributed by atoms with Gasteiger partial charge in [-0.15, -0.1) is 0 Å². The summed E-state index contributed by atoms with van der Waals surface area (Å²) in [5, 5.41) is 3.36. The van der Waals surface area contributed by atoms with Crippen molar-refractivity contribution in [2.24, 2.45) is 0 Å². The molecule has 1 aromatic carbocycles. The van der Waals surface area contributed by atoms with Gasteiger partial charge in [-0.3, -0.25) is 4.79 Å². The fraction of sp³-hybridized carbons (Fsp3) is 0.562. The first kappa shape index (κ1) is 13.6. The maximum Gasteiger partial charge on any atom is 0.254 e. The second-order valence-electron chi connectivity index (χ2n) is 5.84. The zero-order valence-corrected chi connectivity index (χ0v) is 12.2. The van der Waals surface area contributed by atoms with Gasteiger partial charge in [0.05, 0.1) is 12.2 Å². The highest BCUT2D eigenvalue weighted by Gasteiger charge is 2.28. The summed E-state index contributed by atoms with van der Waals surface area (Å²) in [6, 6.07) is 6.08. The molecule has 2 aliphatic heterocycles. The molecule has 2 heterocycles. The molecule has 0 bridgehead atoms. The number of rotatable bonds is 1. The van der Waals surface area contributed by atoms with Crippen LogP contribution in [0.4, 0.5) is 0 Å². The summed E-state index contributed by atoms with van der Waals surface area (Å²) in [4.78, 5) is 14.8. The van der Waals surface area contributed by atoms with Crippen LogP contribution in [0, 0.1) is 0 Å². The molecule has 0 radical (unpaired) electrons. The maximum atomic E-state index is 12.8. The van der Waals surface area contributed by atoms with E-state index in [1.165, 1.54) is 11.1 Å². The standard InChI is InChI=1S/C16H22N2O2/c1-11-9-18(10-12(2)20-11)16(19)15-5-3-4-13-8-17-7-6-14(13)15/h3-5,11-12,17H,6-10H2,1-2H3/t11-,12+. The van der Waals surface area contributed by atoms with Gasteiger partial charge < -0.3 is 15.0 Å². The van der Waals surface area contributed by atoms with E-state index < -0.39 is 0 Å². The van der Waals surface area contributed by atoms with E-state index in [2.05, 4.69) is 11.4 Å². The Morgan fingerprint density at radius 3 is 2.80 bits per heavy atom. The van der Waals surface area contributed by atoms with E-state index in [9.17, 15) is 4.79 Å². The lowest BCUT2D eigenvalue weighted by molar-refractivity contribution is -0.0586. The molecular formula is C16H22N2O2. The number of amides is 1. The second-order valence-corrected chi connectivity index (χ2v) is 5.84. The van der Waals surface area contributed by atoms with E-state index in [4.69, 9.17) is 4.74 Å². The van der Waals surface area contributed by atoms with Crippen molar-refractivity contribution >= 4 is 5.91 Å². The molecule has 0 unspecified atom stereocenters. The third-order valence-corrected chi connectivity index (χ3v) is 4.08. The molecule has 20 heavy (non-hydrogen) atoms. The number of fused-ring (bicyclic) bond motifs is 1. The Morgan fingerprint density at radius 1 is 1.30 bits per heavy atom. The zero-order valence-electron chi connectivity index (χ0n) is 12.2. The molecule has 1 amide bonds. The molecule has 3 rings (SSSR count). The predicted octanol–water partition coefficient (Wildman–Crippen LogP) is 1.58. The third-order valence-electron chi connectivity index (χ3n) is 4.08. The van der Waals surface area contributed by atoms with E-state index in [1.54, 1.807) is 0 Å². The molecule has 0 aromatic heterocycles. The predicted molar refractivity (Wildman–Crippen MR) is 77.8 cm³/mol. The lowest BCUT2D eigenvalue weighted by Crippen LogP contribution is -2.48. The lowest BCUT2D eigenvalue weighted by atomic mass is 9.94. The first-order valence-electron chi connectivity index (χ1n) is 7.41. The highest BCUT2D eigenvalue weighted by molar-refractivity contribution is 5.96. The van der Waals surface area contributed by atoms with E-state index in [0.717, 1.165) is 25.1 Å². The summed E-state index contributed by atoms with van der Waals surface area (Å²) in [6.45, 7) is 7.25. The number of benzene rings is 1. The molecule has 0 aliphatic carbocycles. The number of nitrogens with one attached hydrogen (secondary N) is 1. The monoisotopic (exact) mass is 274 g/mol. The van der Waals surface area contributed by atoms with Crippen LogP contribution in [-0.2, 0) is 17.7 Å². The van der Waals surface area contributed by atoms with Crippen LogP contribution in [0.5, 0.6) is 0 Å². The topological polar surface area (TPSA) is 41.6 Å². The van der Waals surface area contributed by atoms with E-state index in [-0.39, 0.29) is 18.1 Å². The molecule has 0 spiro atoms. The molecule has 1 fully saturated rings. The van der Waals surface area contributed by atoms with Crippen molar-refractivity contribution in [3.63, 3.8) is 0 Å². The molecular weight excluding hydrogens is 252 g/mol. The number of morpholine rings is 1. The Hall–Kier alpha value is -1.39. The quantitative estimate of drug-likeness (QED) is 0.845. The summed E-state index contributed by atoms with van der Waals surface area (Å²) in [5.74, 6) is 0.158. The van der Waals surface area contributed by atoms with Crippen LogP contribution in [0.25, 0.3) is 0 Å². The number of carbonyl (C=O) groups excluding carboxylic acids is 1. The normalized spacial score (nSPS) is 26.2. The summed E-state index contributed by atoms with van der Waals surface area (Å²) < 4.78 is 5.71. The molecule has 4 heteroatoms. The number of nitrogens with zero attached hydrogens (tertiary/aromatic N) is 1. The van der Waals surface area contributed by atoms with Crippen molar-refractivity contribution in [3.05, 3.63) is 34.9 Å². The van der Waals surface area contributed by atoms with Crippen molar-refractivity contribution in [1.29, 1.82) is 0 Å². The molecule has 4 nitrogen and oxygen atoms in total. The summed E-state index contributed by atoms with van der Waals surface area (Å²) in [6.07, 6.45) is 1.17. The Balaban J connectivity index is 1.87. The minimum Gasteiger partial charge on any atom is -0.372 e. The van der Waals surface area contributed by atoms with Gasteiger partial charge in [0, 0.05) is 25.2 Å². The number of carbonyl (C=O) groups is 1. The van der Waals surface area contributed by atoms with Gasteiger partial charge >= 0.3 is 0 Å². The molecule has 1 saturated heterocycles. The Kier molecular flexibility index (Phi) is 3.76. The van der Waals surface area contributed by atoms with Crippen molar-refractivity contribution in [2.45, 2.75) is 39.0 Å². The third kappa shape index (κ3) is 2.58. The summed E-state index contributed by atoms with van der Waals surface area (Å²) in [5.41, 5.74) is 3.37. The van der Waals surface area contributed by atoms with Gasteiger partial charge in [0.2, 0.25) is 0 Å². The molecule has 2 aliphatic rings. The fourth-order valence-electron chi connectivity index (χ4n) is 3.25. The van der Waals surface area contributed by atoms with Gasteiger partial charge in [-0.25, -0.2) is 0 Å². The van der Waals surface area contributed by atoms with Crippen LogP contribution in [0.2, 0.25) is 0 Å². The molecule has 108 valence electrons. The number of hydrogen-bond acceptors (Lipinski definition) is 3. The van der Waals surface area contributed by atoms with Crippen molar-refractivity contribution < 1.29 is 9.53 Å². The average molecular weight is 274 g/mol. The van der Waals surface area contributed by atoms with Gasteiger partial charge in [0.1, 0.15) is 0 Å². The lowest BCUT2D eigenvalue weighted by Gasteiger charge is -2.36. The minimum absolute atomic E-state index is 0.115. The van der Waals surface area contributed by atoms with Gasteiger partial charge in [-0.05, 0) is 44.0 Å². The van der Waals surface area contributed by atoms with Crippen LogP contribution in [-0.4, -0.2) is 42.6 Å². The molecule has 1 N–H and O–H groups in total. The number of hydrogen-bond donors (Lipinski definition) is 1. The molecule has 1 aromatic rings. The Morgan fingerprint density at radius 2 is 2.05 bits per heavy atom. The molecule has 2 atom stereocenters. The smallest absolute Gasteiger partial charge is 0.254 e. The second kappa shape index (κ2) is 5.54. The van der Waals surface area contributed by atoms with E-state index >= 15 is 0 Å². The van der Waals surface area contributed by atoms with E-state index in [0.29, 0.717) is 13.1 Å². The van der Waals surface area contributed by atoms with Gasteiger partial charge in [-0.2, -0.15) is 0 Å². The first-order valence-corrected chi connectivity index (χ1v) is 7.41. The SMILES string of the molecule is C[C@@H]1CN(C(=O)c2cccc3c2CCNC3)C[C@H](C)O1. The van der Waals surface area contributed by atoms with E-state index in [1.807, 2.05) is 30.9 Å². The zero-order chi connectivity index (χ0) is 14.1. The maximum absolute atomic E-state index is 12.8. The van der Waals surface area contributed by atoms with Crippen molar-refractivity contribution in [1.82, 2.24) is 10.2 Å². The van der Waals surface area contributed by atoms with Gasteiger partial charge in [0.15, 0.2) is 0 Å². The van der Waals surface area contributed by atoms with Crippen LogP contribution in [0.15, 0.2) is 18.2 Å². The van der Waals surface area contributed by atoms with Crippen LogP contribution < -0.4 is 5.32 Å². The van der Waals surface area contributed by atoms with Gasteiger partial charge in [0.25, 0.3) is 5.91 Å². The highest BCUT2D eigenvalue weighted by Crippen LogP contribution is 2.22. The fourth-order valence-corrected chi connectivity index (χ4v) is 3.25. The largest absolute Gasteiger partial charge is 0.372 e. The van der Waals surface area contributed by atoms with Crippen molar-refractivity contribution in [3.8, 4) is 0 Å². The van der Waals surface area contributed by atoms with Crippen molar-refractivity contribution in [2.75, 3.05) is 19.6 Å². The first-order chi connectivity index (χ1) is 9.65. The van der Waals surface area contributed by atoms with Crippen LogP contribution in [0.3, 0.4) is 0 Å². The average Bonchev–Trinajstić information content (AvgIpc) is 2.45. The Labute approximate surface area is 120 Å². The Bertz CT molecular complexity index is 505. The highest BCUT2D eigenvalue weighted by atomic mass is 16.5. The van der Waals surface area contributed by atoms with Crippen LogP contribution >= 0.6 is 0 Å². The summed E-state index contributed by atoms with van der Waals surface area (Å²) in [7, 11) is 0. The minimum atomic E-state index is 0.115. The van der Waals surface area contributed by atoms with Crippen LogP contribution in [0.1, 0.15) is 35.3 Å². The van der Waals surface area contributed by atoms with Gasteiger partial charge in [-0.1, -0.05) is 12.1 Å².